The summed E-state index contributed by atoms with van der Waals surface area (Å²) in [6, 6.07) is 13.9. The summed E-state index contributed by atoms with van der Waals surface area (Å²) in [5.74, 6) is -0.0630. The maximum absolute atomic E-state index is 12.7. The maximum Gasteiger partial charge on any atom is 0.255 e. The lowest BCUT2D eigenvalue weighted by atomic mass is 10.0. The van der Waals surface area contributed by atoms with Gasteiger partial charge in [0.25, 0.3) is 5.91 Å². The van der Waals surface area contributed by atoms with Gasteiger partial charge in [0.1, 0.15) is 0 Å². The molecule has 0 aromatic heterocycles. The Bertz CT molecular complexity index is 706. The maximum atomic E-state index is 12.7. The van der Waals surface area contributed by atoms with Crippen molar-refractivity contribution in [3.05, 3.63) is 59.2 Å². The standard InChI is InChI=1S/C19H22N2O2/c1-14-7-8-15(2)16(13-14)19(22)20-17-5-3-4-6-18(17)21-9-11-23-12-10-21/h3-8,13H,9-12H2,1-2H3,(H,20,22). The third-order valence-electron chi connectivity index (χ3n) is 4.14. The number of anilines is 2. The summed E-state index contributed by atoms with van der Waals surface area (Å²) in [6.07, 6.45) is 0. The quantitative estimate of drug-likeness (QED) is 0.945. The molecule has 120 valence electrons. The lowest BCUT2D eigenvalue weighted by molar-refractivity contribution is 0.102. The van der Waals surface area contributed by atoms with Crippen molar-refractivity contribution in [1.82, 2.24) is 0 Å². The van der Waals surface area contributed by atoms with Gasteiger partial charge in [-0.2, -0.15) is 0 Å². The summed E-state index contributed by atoms with van der Waals surface area (Å²) in [5.41, 5.74) is 4.69. The summed E-state index contributed by atoms with van der Waals surface area (Å²) in [5, 5.41) is 3.07. The number of para-hydroxylation sites is 2. The van der Waals surface area contributed by atoms with Gasteiger partial charge in [-0.1, -0.05) is 29.8 Å². The molecule has 0 radical (unpaired) electrons. The van der Waals surface area contributed by atoms with Crippen LogP contribution in [0.15, 0.2) is 42.5 Å². The fraction of sp³-hybridized carbons (Fsp3) is 0.316. The van der Waals surface area contributed by atoms with Crippen LogP contribution >= 0.6 is 0 Å². The monoisotopic (exact) mass is 310 g/mol. The van der Waals surface area contributed by atoms with Crippen LogP contribution in [0.2, 0.25) is 0 Å². The van der Waals surface area contributed by atoms with Crippen molar-refractivity contribution in [2.24, 2.45) is 0 Å². The Kier molecular flexibility index (Phi) is 4.63. The lowest BCUT2D eigenvalue weighted by Crippen LogP contribution is -2.36. The molecule has 1 aliphatic rings. The Morgan fingerprint density at radius 2 is 1.83 bits per heavy atom. The highest BCUT2D eigenvalue weighted by molar-refractivity contribution is 6.07. The Labute approximate surface area is 137 Å². The molecule has 0 unspecified atom stereocenters. The number of rotatable bonds is 3. The Balaban J connectivity index is 1.85. The summed E-state index contributed by atoms with van der Waals surface area (Å²) in [7, 11) is 0. The molecule has 1 amide bonds. The topological polar surface area (TPSA) is 41.6 Å². The van der Waals surface area contributed by atoms with Crippen LogP contribution < -0.4 is 10.2 Å². The van der Waals surface area contributed by atoms with Crippen molar-refractivity contribution in [3.63, 3.8) is 0 Å². The van der Waals surface area contributed by atoms with Gasteiger partial charge in [-0.05, 0) is 37.6 Å². The molecule has 2 aromatic carbocycles. The van der Waals surface area contributed by atoms with Gasteiger partial charge in [-0.25, -0.2) is 0 Å². The summed E-state index contributed by atoms with van der Waals surface area (Å²) in [6.45, 7) is 7.09. The molecule has 0 bridgehead atoms. The van der Waals surface area contributed by atoms with E-state index in [1.165, 1.54) is 0 Å². The predicted molar refractivity (Wildman–Crippen MR) is 93.3 cm³/mol. The van der Waals surface area contributed by atoms with E-state index in [0.717, 1.165) is 54.4 Å². The molecule has 0 spiro atoms. The fourth-order valence-corrected chi connectivity index (χ4v) is 2.83. The van der Waals surface area contributed by atoms with E-state index in [0.29, 0.717) is 0 Å². The molecule has 4 heteroatoms. The first-order valence-electron chi connectivity index (χ1n) is 7.95. The van der Waals surface area contributed by atoms with Crippen LogP contribution in [0, 0.1) is 13.8 Å². The van der Waals surface area contributed by atoms with E-state index >= 15 is 0 Å². The highest BCUT2D eigenvalue weighted by atomic mass is 16.5. The van der Waals surface area contributed by atoms with E-state index in [1.54, 1.807) is 0 Å². The minimum Gasteiger partial charge on any atom is -0.378 e. The minimum absolute atomic E-state index is 0.0630. The third kappa shape index (κ3) is 3.54. The molecule has 3 rings (SSSR count). The molecular weight excluding hydrogens is 288 g/mol. The van der Waals surface area contributed by atoms with Crippen molar-refractivity contribution >= 4 is 17.3 Å². The number of carbonyl (C=O) groups is 1. The number of carbonyl (C=O) groups excluding carboxylic acids is 1. The molecule has 23 heavy (non-hydrogen) atoms. The second kappa shape index (κ2) is 6.84. The van der Waals surface area contributed by atoms with Crippen molar-refractivity contribution in [1.29, 1.82) is 0 Å². The third-order valence-corrected chi connectivity index (χ3v) is 4.14. The van der Waals surface area contributed by atoms with Crippen molar-refractivity contribution in [3.8, 4) is 0 Å². The van der Waals surface area contributed by atoms with Crippen molar-refractivity contribution < 1.29 is 9.53 Å². The highest BCUT2D eigenvalue weighted by Gasteiger charge is 2.17. The number of aryl methyl sites for hydroxylation is 2. The summed E-state index contributed by atoms with van der Waals surface area (Å²) in [4.78, 5) is 14.9. The van der Waals surface area contributed by atoms with Crippen LogP contribution in [0.5, 0.6) is 0 Å². The van der Waals surface area contributed by atoms with Gasteiger partial charge in [0.15, 0.2) is 0 Å². The number of hydrogen-bond acceptors (Lipinski definition) is 3. The van der Waals surface area contributed by atoms with Crippen LogP contribution in [0.25, 0.3) is 0 Å². The van der Waals surface area contributed by atoms with Crippen LogP contribution in [-0.4, -0.2) is 32.2 Å². The second-order valence-corrected chi connectivity index (χ2v) is 5.89. The molecule has 0 aliphatic carbocycles. The van der Waals surface area contributed by atoms with Gasteiger partial charge in [-0.15, -0.1) is 0 Å². The zero-order valence-corrected chi connectivity index (χ0v) is 13.6. The molecule has 0 atom stereocenters. The van der Waals surface area contributed by atoms with Crippen LogP contribution in [-0.2, 0) is 4.74 Å². The Hall–Kier alpha value is -2.33. The Morgan fingerprint density at radius 1 is 1.09 bits per heavy atom. The number of benzene rings is 2. The van der Waals surface area contributed by atoms with Crippen LogP contribution in [0.3, 0.4) is 0 Å². The minimum atomic E-state index is -0.0630. The first kappa shape index (κ1) is 15.6. The first-order chi connectivity index (χ1) is 11.1. The lowest BCUT2D eigenvalue weighted by Gasteiger charge is -2.30. The van der Waals surface area contributed by atoms with Crippen molar-refractivity contribution in [2.75, 3.05) is 36.5 Å². The molecule has 0 saturated carbocycles. The largest absolute Gasteiger partial charge is 0.378 e. The van der Waals surface area contributed by atoms with E-state index in [9.17, 15) is 4.79 Å². The number of amides is 1. The summed E-state index contributed by atoms with van der Waals surface area (Å²) < 4.78 is 5.41. The molecule has 1 N–H and O–H groups in total. The average Bonchev–Trinajstić information content (AvgIpc) is 2.58. The zero-order chi connectivity index (χ0) is 16.2. The van der Waals surface area contributed by atoms with E-state index in [-0.39, 0.29) is 5.91 Å². The molecule has 1 aliphatic heterocycles. The van der Waals surface area contributed by atoms with Crippen molar-refractivity contribution in [2.45, 2.75) is 13.8 Å². The number of ether oxygens (including phenoxy) is 1. The van der Waals surface area contributed by atoms with Gasteiger partial charge in [0.05, 0.1) is 24.6 Å². The molecule has 4 nitrogen and oxygen atoms in total. The van der Waals surface area contributed by atoms with Crippen LogP contribution in [0.4, 0.5) is 11.4 Å². The highest BCUT2D eigenvalue weighted by Crippen LogP contribution is 2.27. The van der Waals surface area contributed by atoms with Gasteiger partial charge in [-0.3, -0.25) is 4.79 Å². The van der Waals surface area contributed by atoms with Crippen LogP contribution in [0.1, 0.15) is 21.5 Å². The van der Waals surface area contributed by atoms with E-state index in [1.807, 2.05) is 56.3 Å². The number of nitrogens with zero attached hydrogens (tertiary/aromatic N) is 1. The first-order valence-corrected chi connectivity index (χ1v) is 7.95. The SMILES string of the molecule is Cc1ccc(C)c(C(=O)Nc2ccccc2N2CCOCC2)c1. The van der Waals surface area contributed by atoms with Gasteiger partial charge < -0.3 is 15.0 Å². The molecular formula is C19H22N2O2. The number of morpholine rings is 1. The summed E-state index contributed by atoms with van der Waals surface area (Å²) >= 11 is 0. The predicted octanol–water partition coefficient (Wildman–Crippen LogP) is 3.39. The fourth-order valence-electron chi connectivity index (χ4n) is 2.83. The van der Waals surface area contributed by atoms with E-state index in [4.69, 9.17) is 4.74 Å². The molecule has 1 fully saturated rings. The van der Waals surface area contributed by atoms with Gasteiger partial charge >= 0.3 is 0 Å². The molecule has 2 aromatic rings. The van der Waals surface area contributed by atoms with E-state index < -0.39 is 0 Å². The number of hydrogen-bond donors (Lipinski definition) is 1. The molecule has 1 heterocycles. The zero-order valence-electron chi connectivity index (χ0n) is 13.6. The normalized spacial score (nSPS) is 14.6. The smallest absolute Gasteiger partial charge is 0.255 e. The number of nitrogens with one attached hydrogen (secondary N) is 1. The molecule has 1 saturated heterocycles. The Morgan fingerprint density at radius 3 is 2.61 bits per heavy atom. The van der Waals surface area contributed by atoms with Gasteiger partial charge in [0, 0.05) is 18.7 Å². The average molecular weight is 310 g/mol. The van der Waals surface area contributed by atoms with Gasteiger partial charge in [0.2, 0.25) is 0 Å². The second-order valence-electron chi connectivity index (χ2n) is 5.89. The van der Waals surface area contributed by atoms with E-state index in [2.05, 4.69) is 10.2 Å².